The number of aliphatic hydroxyl groups excluding tert-OH is 1. The van der Waals surface area contributed by atoms with Gasteiger partial charge in [-0.1, -0.05) is 212 Å². The molecule has 3 atom stereocenters. The molecular formula is C56H105O11P. The quantitative estimate of drug-likeness (QED) is 0.0197. The molecule has 1 unspecified atom stereocenters. The van der Waals surface area contributed by atoms with E-state index in [0.29, 0.717) is 19.3 Å². The topological polar surface area (TPSA) is 155 Å². The first-order valence-electron chi connectivity index (χ1n) is 28.2. The van der Waals surface area contributed by atoms with Crippen LogP contribution in [-0.4, -0.2) is 66.5 Å². The van der Waals surface area contributed by atoms with Gasteiger partial charge >= 0.3 is 25.7 Å². The van der Waals surface area contributed by atoms with Crippen molar-refractivity contribution in [1.82, 2.24) is 0 Å². The third-order valence-electron chi connectivity index (χ3n) is 12.3. The van der Waals surface area contributed by atoms with E-state index in [1.165, 1.54) is 122 Å². The van der Waals surface area contributed by atoms with E-state index in [4.69, 9.17) is 23.3 Å². The Labute approximate surface area is 417 Å². The molecule has 0 rings (SSSR count). The van der Waals surface area contributed by atoms with Gasteiger partial charge in [-0.25, -0.2) is 4.57 Å². The van der Waals surface area contributed by atoms with Crippen molar-refractivity contribution in [3.63, 3.8) is 0 Å². The van der Waals surface area contributed by atoms with Crippen molar-refractivity contribution in [1.29, 1.82) is 0 Å². The molecule has 0 aliphatic carbocycles. The van der Waals surface area contributed by atoms with Crippen LogP contribution >= 0.6 is 7.82 Å². The molecule has 0 fully saturated rings. The third-order valence-corrected chi connectivity index (χ3v) is 13.2. The predicted octanol–water partition coefficient (Wildman–Crippen LogP) is 16.3. The van der Waals surface area contributed by atoms with Gasteiger partial charge in [0.1, 0.15) is 19.3 Å². The zero-order valence-corrected chi connectivity index (χ0v) is 45.0. The van der Waals surface area contributed by atoms with E-state index in [2.05, 4.69) is 45.1 Å². The highest BCUT2D eigenvalue weighted by atomic mass is 31.2. The number of esters is 3. The first-order chi connectivity index (χ1) is 33.1. The standard InChI is InChI=1S/C56H105O11P/c1-4-7-10-13-16-19-22-25-26-29-32-35-38-41-44-47-56(60)67-53(50-64-55(59)46-43-40-37-34-31-28-24-21-18-15-12-9-6-3)51-66-68(61,62)65-49-52(57)48-63-54(58)45-42-39-36-33-30-27-23-20-17-14-11-8-5-2/h21,24-26,52-53,57H,4-20,22-23,27-51H2,1-3H3,(H,61,62)/b24-21-,26-25-/t52-,53+/m0/s1. The van der Waals surface area contributed by atoms with Crippen LogP contribution in [0.2, 0.25) is 0 Å². The average Bonchev–Trinajstić information content (AvgIpc) is 3.32. The molecule has 0 aliphatic rings. The van der Waals surface area contributed by atoms with Crippen molar-refractivity contribution in [2.45, 2.75) is 290 Å². The van der Waals surface area contributed by atoms with Crippen LogP contribution in [0.5, 0.6) is 0 Å². The van der Waals surface area contributed by atoms with Crippen LogP contribution in [0.4, 0.5) is 0 Å². The molecule has 0 saturated heterocycles. The number of allylic oxidation sites excluding steroid dienone is 4. The molecule has 2 N–H and O–H groups in total. The molecule has 12 heteroatoms. The summed E-state index contributed by atoms with van der Waals surface area (Å²) in [4.78, 5) is 48.0. The van der Waals surface area contributed by atoms with Gasteiger partial charge in [0, 0.05) is 19.3 Å². The Hall–Kier alpha value is -2.04. The van der Waals surface area contributed by atoms with Crippen LogP contribution in [0, 0.1) is 0 Å². The lowest BCUT2D eigenvalue weighted by Gasteiger charge is -2.20. The number of carbonyl (C=O) groups is 3. The van der Waals surface area contributed by atoms with E-state index in [1.54, 1.807) is 0 Å². The highest BCUT2D eigenvalue weighted by molar-refractivity contribution is 7.47. The molecule has 0 spiro atoms. The summed E-state index contributed by atoms with van der Waals surface area (Å²) in [6.07, 6.45) is 50.0. The molecule has 400 valence electrons. The maximum atomic E-state index is 12.8. The van der Waals surface area contributed by atoms with Crippen molar-refractivity contribution in [2.75, 3.05) is 26.4 Å². The van der Waals surface area contributed by atoms with Gasteiger partial charge in [0.25, 0.3) is 0 Å². The SMILES string of the molecule is CCCCCC/C=C\CCCCCCCC(=O)OC[C@H](COP(=O)(O)OC[C@@H](O)COC(=O)CCCCCCCCCCCCCCC)OC(=O)CCCCCCC/C=C\CCCCCCCC. The van der Waals surface area contributed by atoms with Gasteiger partial charge in [0.15, 0.2) is 6.10 Å². The number of rotatable bonds is 53. The van der Waals surface area contributed by atoms with Gasteiger partial charge in [0.2, 0.25) is 0 Å². The summed E-state index contributed by atoms with van der Waals surface area (Å²) in [5.74, 6) is -1.39. The number of hydrogen-bond acceptors (Lipinski definition) is 10. The van der Waals surface area contributed by atoms with Crippen molar-refractivity contribution in [2.24, 2.45) is 0 Å². The first-order valence-corrected chi connectivity index (χ1v) is 29.7. The zero-order valence-electron chi connectivity index (χ0n) is 44.1. The van der Waals surface area contributed by atoms with Crippen molar-refractivity contribution in [3.8, 4) is 0 Å². The minimum absolute atomic E-state index is 0.162. The first kappa shape index (κ1) is 66.0. The fraction of sp³-hybridized carbons (Fsp3) is 0.875. The Morgan fingerprint density at radius 3 is 1.07 bits per heavy atom. The van der Waals surface area contributed by atoms with Crippen LogP contribution in [0.3, 0.4) is 0 Å². The number of ether oxygens (including phenoxy) is 3. The number of carbonyl (C=O) groups excluding carboxylic acids is 3. The van der Waals surface area contributed by atoms with Crippen molar-refractivity contribution < 1.29 is 52.2 Å². The lowest BCUT2D eigenvalue weighted by atomic mass is 10.0. The Morgan fingerprint density at radius 1 is 0.397 bits per heavy atom. The second-order valence-electron chi connectivity index (χ2n) is 19.1. The fourth-order valence-corrected chi connectivity index (χ4v) is 8.73. The molecule has 11 nitrogen and oxygen atoms in total. The molecule has 0 amide bonds. The zero-order chi connectivity index (χ0) is 49.9. The van der Waals surface area contributed by atoms with E-state index in [0.717, 1.165) is 96.3 Å². The average molecular weight is 985 g/mol. The minimum atomic E-state index is -4.72. The van der Waals surface area contributed by atoms with E-state index >= 15 is 0 Å². The predicted molar refractivity (Wildman–Crippen MR) is 280 cm³/mol. The van der Waals surface area contributed by atoms with E-state index in [-0.39, 0.29) is 32.5 Å². The third kappa shape index (κ3) is 50.4. The molecule has 0 radical (unpaired) electrons. The highest BCUT2D eigenvalue weighted by Crippen LogP contribution is 2.43. The molecule has 0 aromatic carbocycles. The fourth-order valence-electron chi connectivity index (χ4n) is 7.94. The Balaban J connectivity index is 4.60. The van der Waals surface area contributed by atoms with Crippen LogP contribution in [0.25, 0.3) is 0 Å². The summed E-state index contributed by atoms with van der Waals surface area (Å²) in [7, 11) is -4.72. The van der Waals surface area contributed by atoms with Gasteiger partial charge in [-0.3, -0.25) is 23.4 Å². The number of aliphatic hydroxyl groups is 1. The van der Waals surface area contributed by atoms with Crippen molar-refractivity contribution in [3.05, 3.63) is 24.3 Å². The molecule has 0 heterocycles. The van der Waals surface area contributed by atoms with Gasteiger partial charge in [-0.05, 0) is 70.6 Å². The van der Waals surface area contributed by atoms with Crippen molar-refractivity contribution >= 4 is 25.7 Å². The summed E-state index contributed by atoms with van der Waals surface area (Å²) in [5.41, 5.74) is 0. The van der Waals surface area contributed by atoms with Crippen LogP contribution < -0.4 is 0 Å². The molecule has 0 aromatic heterocycles. The second kappa shape index (κ2) is 51.3. The lowest BCUT2D eigenvalue weighted by Crippen LogP contribution is -2.30. The summed E-state index contributed by atoms with van der Waals surface area (Å²) in [5, 5.41) is 10.3. The molecule has 0 aromatic rings. The Bertz CT molecular complexity index is 1240. The highest BCUT2D eigenvalue weighted by Gasteiger charge is 2.27. The van der Waals surface area contributed by atoms with Crippen LogP contribution in [0.1, 0.15) is 278 Å². The number of phosphoric acid groups is 1. The normalized spacial score (nSPS) is 13.5. The minimum Gasteiger partial charge on any atom is -0.463 e. The monoisotopic (exact) mass is 985 g/mol. The van der Waals surface area contributed by atoms with E-state index in [1.807, 2.05) is 0 Å². The van der Waals surface area contributed by atoms with Gasteiger partial charge < -0.3 is 24.2 Å². The van der Waals surface area contributed by atoms with Gasteiger partial charge in [-0.15, -0.1) is 0 Å². The Morgan fingerprint density at radius 2 is 0.691 bits per heavy atom. The lowest BCUT2D eigenvalue weighted by molar-refractivity contribution is -0.161. The van der Waals surface area contributed by atoms with Crippen LogP contribution in [-0.2, 0) is 42.2 Å². The number of unbranched alkanes of at least 4 members (excludes halogenated alkanes) is 32. The van der Waals surface area contributed by atoms with Crippen LogP contribution in [0.15, 0.2) is 24.3 Å². The van der Waals surface area contributed by atoms with E-state index in [9.17, 15) is 28.9 Å². The molecule has 68 heavy (non-hydrogen) atoms. The summed E-state index contributed by atoms with van der Waals surface area (Å²) in [6, 6.07) is 0. The molecule has 0 saturated carbocycles. The molecular weight excluding hydrogens is 880 g/mol. The number of phosphoric ester groups is 1. The summed E-state index contributed by atoms with van der Waals surface area (Å²) >= 11 is 0. The van der Waals surface area contributed by atoms with Gasteiger partial charge in [-0.2, -0.15) is 0 Å². The maximum Gasteiger partial charge on any atom is 0.472 e. The largest absolute Gasteiger partial charge is 0.472 e. The van der Waals surface area contributed by atoms with Gasteiger partial charge in [0.05, 0.1) is 13.2 Å². The summed E-state index contributed by atoms with van der Waals surface area (Å²) in [6.45, 7) is 4.81. The number of hydrogen-bond donors (Lipinski definition) is 2. The summed E-state index contributed by atoms with van der Waals surface area (Å²) < 4.78 is 39.0. The maximum absolute atomic E-state index is 12.8. The second-order valence-corrected chi connectivity index (χ2v) is 20.6. The Kier molecular flexibility index (Phi) is 49.8. The smallest absolute Gasteiger partial charge is 0.463 e. The van der Waals surface area contributed by atoms with E-state index < -0.39 is 51.2 Å². The molecule has 0 aliphatic heterocycles. The molecule has 0 bridgehead atoms.